The molecule has 0 amide bonds. The second kappa shape index (κ2) is 4.04. The van der Waals surface area contributed by atoms with Crippen molar-refractivity contribution >= 4 is 11.9 Å². The molecule has 0 aromatic heterocycles. The maximum atomic E-state index is 10.6. The molecule has 0 N–H and O–H groups in total. The number of hydrogen-bond donors (Lipinski definition) is 0. The van der Waals surface area contributed by atoms with Gasteiger partial charge in [-0.2, -0.15) is 0 Å². The van der Waals surface area contributed by atoms with Gasteiger partial charge < -0.3 is 4.74 Å². The van der Waals surface area contributed by atoms with E-state index in [9.17, 15) is 9.59 Å². The third-order valence-electron chi connectivity index (χ3n) is 1.78. The average molecular weight is 168 g/mol. The van der Waals surface area contributed by atoms with Crippen molar-refractivity contribution < 1.29 is 14.3 Å². The van der Waals surface area contributed by atoms with Crippen LogP contribution in [0, 0.1) is 0 Å². The van der Waals surface area contributed by atoms with Crippen molar-refractivity contribution in [3.63, 3.8) is 0 Å². The molecule has 3 nitrogen and oxygen atoms in total. The standard InChI is InChI=1S/C9H12O3/c1-2-3-4-5-6-7-8(10)12-9(7)11/h6H,2-5H2,1H3. The highest BCUT2D eigenvalue weighted by atomic mass is 16.6. The van der Waals surface area contributed by atoms with Crippen molar-refractivity contribution in [1.29, 1.82) is 0 Å². The molecule has 0 atom stereocenters. The van der Waals surface area contributed by atoms with Gasteiger partial charge in [-0.25, -0.2) is 9.59 Å². The van der Waals surface area contributed by atoms with Crippen molar-refractivity contribution in [2.24, 2.45) is 0 Å². The summed E-state index contributed by atoms with van der Waals surface area (Å²) in [5.41, 5.74) is 0.228. The number of carbonyl (C=O) groups excluding carboxylic acids is 2. The molecule has 1 rings (SSSR count). The van der Waals surface area contributed by atoms with Gasteiger partial charge in [0.1, 0.15) is 5.57 Å². The lowest BCUT2D eigenvalue weighted by Gasteiger charge is -2.12. The van der Waals surface area contributed by atoms with Crippen molar-refractivity contribution in [1.82, 2.24) is 0 Å². The molecule has 0 spiro atoms. The maximum Gasteiger partial charge on any atom is 0.353 e. The minimum Gasteiger partial charge on any atom is -0.385 e. The molecule has 0 aliphatic carbocycles. The zero-order valence-electron chi connectivity index (χ0n) is 7.13. The summed E-state index contributed by atoms with van der Waals surface area (Å²) in [5.74, 6) is -0.951. The molecule has 1 aliphatic rings. The number of allylic oxidation sites excluding steroid dienone is 1. The van der Waals surface area contributed by atoms with Gasteiger partial charge >= 0.3 is 11.9 Å². The third-order valence-corrected chi connectivity index (χ3v) is 1.78. The van der Waals surface area contributed by atoms with E-state index in [-0.39, 0.29) is 5.57 Å². The number of esters is 2. The highest BCUT2D eigenvalue weighted by Crippen LogP contribution is 2.15. The van der Waals surface area contributed by atoms with Gasteiger partial charge in [0.15, 0.2) is 0 Å². The Labute approximate surface area is 71.4 Å². The summed E-state index contributed by atoms with van der Waals surface area (Å²) in [7, 11) is 0. The quantitative estimate of drug-likeness (QED) is 0.210. The normalized spacial score (nSPS) is 15.6. The van der Waals surface area contributed by atoms with Crippen LogP contribution in [0.4, 0.5) is 0 Å². The summed E-state index contributed by atoms with van der Waals surface area (Å²) in [6, 6.07) is 0. The monoisotopic (exact) mass is 168 g/mol. The van der Waals surface area contributed by atoms with E-state index in [0.29, 0.717) is 0 Å². The van der Waals surface area contributed by atoms with Gasteiger partial charge in [0.25, 0.3) is 0 Å². The Kier molecular flexibility index (Phi) is 3.02. The first-order valence-electron chi connectivity index (χ1n) is 4.22. The van der Waals surface area contributed by atoms with Gasteiger partial charge in [-0.3, -0.25) is 0 Å². The largest absolute Gasteiger partial charge is 0.385 e. The molecule has 0 bridgehead atoms. The predicted molar refractivity (Wildman–Crippen MR) is 43.3 cm³/mol. The van der Waals surface area contributed by atoms with Crippen LogP contribution in [0.5, 0.6) is 0 Å². The van der Waals surface area contributed by atoms with Crippen LogP contribution >= 0.6 is 0 Å². The van der Waals surface area contributed by atoms with Crippen LogP contribution in [0.25, 0.3) is 0 Å². The molecular weight excluding hydrogens is 156 g/mol. The Balaban J connectivity index is 2.27. The summed E-state index contributed by atoms with van der Waals surface area (Å²) >= 11 is 0. The Bertz CT molecular complexity index is 212. The number of rotatable bonds is 4. The van der Waals surface area contributed by atoms with Crippen LogP contribution in [-0.4, -0.2) is 11.9 Å². The van der Waals surface area contributed by atoms with Crippen LogP contribution < -0.4 is 0 Å². The van der Waals surface area contributed by atoms with E-state index in [1.54, 1.807) is 6.08 Å². The lowest BCUT2D eigenvalue weighted by Crippen LogP contribution is -2.31. The van der Waals surface area contributed by atoms with Gasteiger partial charge in [-0.15, -0.1) is 0 Å². The number of cyclic esters (lactones) is 2. The molecule has 0 saturated carbocycles. The Morgan fingerprint density at radius 1 is 1.25 bits per heavy atom. The fourth-order valence-corrected chi connectivity index (χ4v) is 1.04. The molecule has 0 aromatic carbocycles. The van der Waals surface area contributed by atoms with Crippen LogP contribution in [0.2, 0.25) is 0 Å². The van der Waals surface area contributed by atoms with E-state index >= 15 is 0 Å². The molecule has 3 heteroatoms. The Morgan fingerprint density at radius 2 is 1.92 bits per heavy atom. The third kappa shape index (κ3) is 1.94. The van der Waals surface area contributed by atoms with E-state index in [2.05, 4.69) is 11.7 Å². The van der Waals surface area contributed by atoms with E-state index < -0.39 is 11.9 Å². The highest BCUT2D eigenvalue weighted by Gasteiger charge is 2.33. The second-order valence-corrected chi connectivity index (χ2v) is 2.79. The number of hydrogen-bond acceptors (Lipinski definition) is 3. The van der Waals surface area contributed by atoms with Gasteiger partial charge in [0.2, 0.25) is 0 Å². The summed E-state index contributed by atoms with van der Waals surface area (Å²) in [6.07, 6.45) is 5.77. The first-order valence-corrected chi connectivity index (χ1v) is 4.22. The van der Waals surface area contributed by atoms with E-state index in [0.717, 1.165) is 25.7 Å². The molecule has 0 radical (unpaired) electrons. The summed E-state index contributed by atoms with van der Waals surface area (Å²) in [5, 5.41) is 0. The molecule has 12 heavy (non-hydrogen) atoms. The minimum atomic E-state index is -0.475. The van der Waals surface area contributed by atoms with Crippen molar-refractivity contribution in [3.8, 4) is 0 Å². The van der Waals surface area contributed by atoms with Crippen LogP contribution in [0.15, 0.2) is 11.6 Å². The predicted octanol–water partition coefficient (Wildman–Crippen LogP) is 1.58. The second-order valence-electron chi connectivity index (χ2n) is 2.79. The Morgan fingerprint density at radius 3 is 2.42 bits per heavy atom. The zero-order valence-corrected chi connectivity index (χ0v) is 7.13. The molecule has 1 heterocycles. The molecular formula is C9H12O3. The van der Waals surface area contributed by atoms with Crippen molar-refractivity contribution in [2.45, 2.75) is 32.6 Å². The summed E-state index contributed by atoms with van der Waals surface area (Å²) < 4.78 is 4.16. The molecule has 1 fully saturated rings. The fourth-order valence-electron chi connectivity index (χ4n) is 1.04. The van der Waals surface area contributed by atoms with Crippen molar-refractivity contribution in [3.05, 3.63) is 11.6 Å². The van der Waals surface area contributed by atoms with Crippen molar-refractivity contribution in [2.75, 3.05) is 0 Å². The zero-order chi connectivity index (χ0) is 8.97. The van der Waals surface area contributed by atoms with E-state index in [4.69, 9.17) is 0 Å². The number of ether oxygens (including phenoxy) is 1. The smallest absolute Gasteiger partial charge is 0.353 e. The average Bonchev–Trinajstić information content (AvgIpc) is 2.04. The first-order chi connectivity index (χ1) is 5.75. The van der Waals surface area contributed by atoms with E-state index in [1.165, 1.54) is 0 Å². The molecule has 0 aromatic rings. The Hall–Kier alpha value is -1.12. The topological polar surface area (TPSA) is 43.4 Å². The molecule has 0 unspecified atom stereocenters. The first kappa shape index (κ1) is 8.97. The van der Waals surface area contributed by atoms with Gasteiger partial charge in [0, 0.05) is 0 Å². The van der Waals surface area contributed by atoms with Crippen LogP contribution in [0.1, 0.15) is 32.6 Å². The van der Waals surface area contributed by atoms with Gasteiger partial charge in [-0.1, -0.05) is 25.8 Å². The van der Waals surface area contributed by atoms with Crippen LogP contribution in [-0.2, 0) is 14.3 Å². The van der Waals surface area contributed by atoms with Gasteiger partial charge in [0.05, 0.1) is 0 Å². The lowest BCUT2D eigenvalue weighted by atomic mass is 10.1. The van der Waals surface area contributed by atoms with E-state index in [1.807, 2.05) is 0 Å². The molecule has 66 valence electrons. The van der Waals surface area contributed by atoms with Crippen LogP contribution in [0.3, 0.4) is 0 Å². The summed E-state index contributed by atoms with van der Waals surface area (Å²) in [4.78, 5) is 21.2. The highest BCUT2D eigenvalue weighted by molar-refractivity contribution is 6.26. The number of unbranched alkanes of at least 4 members (excludes halogenated alkanes) is 3. The maximum absolute atomic E-state index is 10.6. The minimum absolute atomic E-state index is 0.228. The molecule has 1 saturated heterocycles. The number of carbonyl (C=O) groups is 2. The SMILES string of the molecule is CCCCCC=C1C(=O)OC1=O. The molecule has 1 aliphatic heterocycles. The summed E-state index contributed by atoms with van der Waals surface area (Å²) in [6.45, 7) is 2.11. The fraction of sp³-hybridized carbons (Fsp3) is 0.556. The lowest BCUT2D eigenvalue weighted by molar-refractivity contribution is -0.165. The van der Waals surface area contributed by atoms with Gasteiger partial charge in [-0.05, 0) is 12.8 Å².